The summed E-state index contributed by atoms with van der Waals surface area (Å²) in [6, 6.07) is 8.55. The molecule has 8 nitrogen and oxygen atoms in total. The van der Waals surface area contributed by atoms with Crippen LogP contribution in [0, 0.1) is 0 Å². The first-order valence-corrected chi connectivity index (χ1v) is 11.5. The van der Waals surface area contributed by atoms with Crippen LogP contribution >= 0.6 is 0 Å². The van der Waals surface area contributed by atoms with Crippen LogP contribution < -0.4 is 4.74 Å². The number of aliphatic hydroxyl groups excluding tert-OH is 2. The van der Waals surface area contributed by atoms with Crippen molar-refractivity contribution in [2.24, 2.45) is 0 Å². The van der Waals surface area contributed by atoms with Gasteiger partial charge in [-0.15, -0.1) is 0 Å². The van der Waals surface area contributed by atoms with Crippen molar-refractivity contribution in [3.8, 4) is 5.75 Å². The lowest BCUT2D eigenvalue weighted by atomic mass is 10.1. The monoisotopic (exact) mass is 415 g/mol. The number of rotatable bonds is 6. The molecule has 0 bridgehead atoms. The third kappa shape index (κ3) is 3.67. The van der Waals surface area contributed by atoms with E-state index in [1.54, 1.807) is 24.3 Å². The summed E-state index contributed by atoms with van der Waals surface area (Å²) in [4.78, 5) is -0.0381. The number of nitrogens with zero attached hydrogens (tertiary/aromatic N) is 1. The van der Waals surface area contributed by atoms with E-state index in [-0.39, 0.29) is 11.4 Å². The lowest BCUT2D eigenvalue weighted by Crippen LogP contribution is -2.47. The van der Waals surface area contributed by atoms with E-state index in [1.165, 1.54) is 19.2 Å². The third-order valence-electron chi connectivity index (χ3n) is 4.63. The molecule has 0 aliphatic carbocycles. The molecular weight excluding hydrogens is 394 g/mol. The maximum Gasteiger partial charge on any atom is 0.244 e. The molecule has 10 heteroatoms. The molecule has 1 aliphatic heterocycles. The SMILES string of the molecule is COc1ccc(S(=O)(=O)N(CCO)[C@@H]2CS(=O)(=O)C[C@H]2O)c2ccccc12. The molecular formula is C17H21NO7S2. The number of fused-ring (bicyclic) bond motifs is 1. The number of benzene rings is 2. The Balaban J connectivity index is 2.15. The van der Waals surface area contributed by atoms with Gasteiger partial charge in [0.25, 0.3) is 0 Å². The second-order valence-electron chi connectivity index (χ2n) is 6.36. The Morgan fingerprint density at radius 1 is 1.15 bits per heavy atom. The quantitative estimate of drug-likeness (QED) is 0.680. The molecule has 0 amide bonds. The average molecular weight is 415 g/mol. The number of sulfonamides is 1. The van der Waals surface area contributed by atoms with Gasteiger partial charge in [-0.25, -0.2) is 16.8 Å². The highest BCUT2D eigenvalue weighted by molar-refractivity contribution is 7.92. The van der Waals surface area contributed by atoms with Gasteiger partial charge in [-0.3, -0.25) is 0 Å². The van der Waals surface area contributed by atoms with E-state index >= 15 is 0 Å². The predicted molar refractivity (Wildman–Crippen MR) is 99.9 cm³/mol. The van der Waals surface area contributed by atoms with Crippen LogP contribution in [0.3, 0.4) is 0 Å². The Morgan fingerprint density at radius 2 is 1.81 bits per heavy atom. The fourth-order valence-electron chi connectivity index (χ4n) is 3.42. The van der Waals surface area contributed by atoms with Crippen molar-refractivity contribution in [1.82, 2.24) is 4.31 Å². The molecule has 2 N–H and O–H groups in total. The highest BCUT2D eigenvalue weighted by atomic mass is 32.2. The number of methoxy groups -OCH3 is 1. The smallest absolute Gasteiger partial charge is 0.244 e. The van der Waals surface area contributed by atoms with Crippen LogP contribution in [0.2, 0.25) is 0 Å². The minimum absolute atomic E-state index is 0.0381. The second kappa shape index (κ2) is 7.36. The normalized spacial score (nSPS) is 22.4. The van der Waals surface area contributed by atoms with Crippen LogP contribution in [0.4, 0.5) is 0 Å². The summed E-state index contributed by atoms with van der Waals surface area (Å²) in [5.74, 6) is -0.485. The van der Waals surface area contributed by atoms with E-state index in [1.807, 2.05) is 0 Å². The highest BCUT2D eigenvalue weighted by Crippen LogP contribution is 2.34. The van der Waals surface area contributed by atoms with Gasteiger partial charge in [-0.05, 0) is 12.1 Å². The molecule has 1 heterocycles. The Kier molecular flexibility index (Phi) is 5.46. The molecule has 1 aliphatic rings. The van der Waals surface area contributed by atoms with Crippen molar-refractivity contribution in [2.45, 2.75) is 17.0 Å². The van der Waals surface area contributed by atoms with Crippen molar-refractivity contribution in [1.29, 1.82) is 0 Å². The summed E-state index contributed by atoms with van der Waals surface area (Å²) in [6.07, 6.45) is -1.35. The number of aliphatic hydroxyl groups is 2. The molecule has 2 atom stereocenters. The summed E-state index contributed by atoms with van der Waals surface area (Å²) in [7, 11) is -6.27. The minimum atomic E-state index is -4.19. The van der Waals surface area contributed by atoms with Gasteiger partial charge < -0.3 is 14.9 Å². The van der Waals surface area contributed by atoms with Crippen LogP contribution in [0.25, 0.3) is 10.8 Å². The zero-order chi connectivity index (χ0) is 19.8. The van der Waals surface area contributed by atoms with E-state index in [4.69, 9.17) is 4.74 Å². The zero-order valence-electron chi connectivity index (χ0n) is 14.6. The van der Waals surface area contributed by atoms with Crippen LogP contribution in [0.15, 0.2) is 41.3 Å². The first kappa shape index (κ1) is 20.0. The Labute approximate surface area is 158 Å². The Morgan fingerprint density at radius 3 is 2.37 bits per heavy atom. The van der Waals surface area contributed by atoms with E-state index in [0.29, 0.717) is 16.5 Å². The second-order valence-corrected chi connectivity index (χ2v) is 10.4. The molecule has 2 aromatic carbocycles. The molecule has 3 rings (SSSR count). The number of ether oxygens (including phenoxy) is 1. The topological polar surface area (TPSA) is 121 Å². The van der Waals surface area contributed by atoms with Crippen molar-refractivity contribution < 1.29 is 31.8 Å². The van der Waals surface area contributed by atoms with Crippen molar-refractivity contribution in [3.05, 3.63) is 36.4 Å². The summed E-state index contributed by atoms with van der Waals surface area (Å²) >= 11 is 0. The molecule has 148 valence electrons. The molecule has 27 heavy (non-hydrogen) atoms. The summed E-state index contributed by atoms with van der Waals surface area (Å²) < 4.78 is 56.6. The Bertz CT molecular complexity index is 1050. The number of hydrogen-bond donors (Lipinski definition) is 2. The molecule has 0 spiro atoms. The van der Waals surface area contributed by atoms with Crippen molar-refractivity contribution >= 4 is 30.6 Å². The van der Waals surface area contributed by atoms with Gasteiger partial charge in [0.1, 0.15) is 5.75 Å². The fourth-order valence-corrected chi connectivity index (χ4v) is 7.16. The molecule has 0 radical (unpaired) electrons. The summed E-state index contributed by atoms with van der Waals surface area (Å²) in [5.41, 5.74) is 0. The maximum atomic E-state index is 13.3. The van der Waals surface area contributed by atoms with Crippen LogP contribution in [-0.2, 0) is 19.9 Å². The molecule has 0 aromatic heterocycles. The van der Waals surface area contributed by atoms with E-state index < -0.39 is 50.1 Å². The van der Waals surface area contributed by atoms with Crippen LogP contribution in [0.1, 0.15) is 0 Å². The Hall–Kier alpha value is -1.72. The average Bonchev–Trinajstić information content (AvgIpc) is 2.90. The maximum absolute atomic E-state index is 13.3. The molecule has 0 unspecified atom stereocenters. The largest absolute Gasteiger partial charge is 0.496 e. The summed E-state index contributed by atoms with van der Waals surface area (Å²) in [5, 5.41) is 20.5. The standard InChI is InChI=1S/C17H21NO7S2/c1-25-16-6-7-17(13-5-3-2-4-12(13)16)27(23,24)18(8-9-19)14-10-26(21,22)11-15(14)20/h2-7,14-15,19-20H,8-11H2,1H3/t14-,15-/m1/s1. The van der Waals surface area contributed by atoms with E-state index in [0.717, 1.165) is 4.31 Å². The van der Waals surface area contributed by atoms with Gasteiger partial charge in [0.05, 0.1) is 42.3 Å². The summed E-state index contributed by atoms with van der Waals surface area (Å²) in [6.45, 7) is -0.823. The van der Waals surface area contributed by atoms with Gasteiger partial charge in [0.2, 0.25) is 10.0 Å². The van der Waals surface area contributed by atoms with Crippen LogP contribution in [-0.4, -0.2) is 75.3 Å². The zero-order valence-corrected chi connectivity index (χ0v) is 16.3. The molecule has 2 aromatic rings. The van der Waals surface area contributed by atoms with E-state index in [2.05, 4.69) is 0 Å². The highest BCUT2D eigenvalue weighted by Gasteiger charge is 2.44. The predicted octanol–water partition coefficient (Wildman–Crippen LogP) is -0.0107. The number of sulfone groups is 1. The number of hydrogen-bond acceptors (Lipinski definition) is 7. The lowest BCUT2D eigenvalue weighted by molar-refractivity contribution is 0.117. The molecule has 1 fully saturated rings. The first-order chi connectivity index (χ1) is 12.7. The third-order valence-corrected chi connectivity index (χ3v) is 8.32. The van der Waals surface area contributed by atoms with E-state index in [9.17, 15) is 27.0 Å². The van der Waals surface area contributed by atoms with Gasteiger partial charge in [-0.2, -0.15) is 4.31 Å². The van der Waals surface area contributed by atoms with Crippen molar-refractivity contribution in [2.75, 3.05) is 31.8 Å². The van der Waals surface area contributed by atoms with Gasteiger partial charge in [0.15, 0.2) is 9.84 Å². The lowest BCUT2D eigenvalue weighted by Gasteiger charge is -2.29. The first-order valence-electron chi connectivity index (χ1n) is 8.28. The fraction of sp³-hybridized carbons (Fsp3) is 0.412. The van der Waals surface area contributed by atoms with Gasteiger partial charge in [-0.1, -0.05) is 24.3 Å². The molecule has 1 saturated heterocycles. The van der Waals surface area contributed by atoms with Crippen LogP contribution in [0.5, 0.6) is 5.75 Å². The van der Waals surface area contributed by atoms with Gasteiger partial charge >= 0.3 is 0 Å². The van der Waals surface area contributed by atoms with Crippen molar-refractivity contribution in [3.63, 3.8) is 0 Å². The molecule has 0 saturated carbocycles. The van der Waals surface area contributed by atoms with Gasteiger partial charge in [0, 0.05) is 17.3 Å². The minimum Gasteiger partial charge on any atom is -0.496 e.